The lowest BCUT2D eigenvalue weighted by atomic mass is 9.91. The lowest BCUT2D eigenvalue weighted by Crippen LogP contribution is -2.47. The van der Waals surface area contributed by atoms with Gasteiger partial charge >= 0.3 is 0 Å². The molecule has 3 heteroatoms. The van der Waals surface area contributed by atoms with E-state index in [-0.39, 0.29) is 5.92 Å². The summed E-state index contributed by atoms with van der Waals surface area (Å²) in [5.74, 6) is 1.45. The molecular formula is C14H26N2O. The van der Waals surface area contributed by atoms with Crippen LogP contribution in [-0.4, -0.2) is 36.0 Å². The van der Waals surface area contributed by atoms with Gasteiger partial charge in [-0.05, 0) is 58.9 Å². The standard InChI is InChI=1S/C14H26N2O/c1-10(2)16(9-12-4-5-12)14(17)13-6-7-15-11(3)8-13/h10-13,15H,4-9H2,1-3H3. The Hall–Kier alpha value is -0.570. The summed E-state index contributed by atoms with van der Waals surface area (Å²) in [5, 5.41) is 3.42. The number of carbonyl (C=O) groups is 1. The van der Waals surface area contributed by atoms with Crippen molar-refractivity contribution >= 4 is 5.91 Å². The molecule has 3 nitrogen and oxygen atoms in total. The summed E-state index contributed by atoms with van der Waals surface area (Å²) in [5.41, 5.74) is 0. The van der Waals surface area contributed by atoms with Gasteiger partial charge in [-0.25, -0.2) is 0 Å². The highest BCUT2D eigenvalue weighted by molar-refractivity contribution is 5.79. The molecule has 2 fully saturated rings. The van der Waals surface area contributed by atoms with Gasteiger partial charge in [0.05, 0.1) is 0 Å². The van der Waals surface area contributed by atoms with Gasteiger partial charge in [0.1, 0.15) is 0 Å². The predicted molar refractivity (Wildman–Crippen MR) is 69.8 cm³/mol. The monoisotopic (exact) mass is 238 g/mol. The fourth-order valence-corrected chi connectivity index (χ4v) is 2.72. The molecule has 1 heterocycles. The minimum atomic E-state index is 0.257. The summed E-state index contributed by atoms with van der Waals surface area (Å²) in [6.07, 6.45) is 4.65. The molecule has 1 amide bonds. The summed E-state index contributed by atoms with van der Waals surface area (Å²) < 4.78 is 0. The fraction of sp³-hybridized carbons (Fsp3) is 0.929. The normalized spacial score (nSPS) is 29.4. The van der Waals surface area contributed by atoms with E-state index in [0.717, 1.165) is 31.8 Å². The van der Waals surface area contributed by atoms with E-state index in [9.17, 15) is 4.79 Å². The zero-order chi connectivity index (χ0) is 12.4. The Kier molecular flexibility index (Phi) is 4.08. The van der Waals surface area contributed by atoms with Crippen molar-refractivity contribution in [2.24, 2.45) is 11.8 Å². The van der Waals surface area contributed by atoms with E-state index in [4.69, 9.17) is 0 Å². The lowest BCUT2D eigenvalue weighted by molar-refractivity contribution is -0.138. The Morgan fingerprint density at radius 1 is 1.35 bits per heavy atom. The fourth-order valence-electron chi connectivity index (χ4n) is 2.72. The molecule has 2 rings (SSSR count). The van der Waals surface area contributed by atoms with Crippen LogP contribution in [0.1, 0.15) is 46.5 Å². The van der Waals surface area contributed by atoms with Crippen LogP contribution in [0, 0.1) is 11.8 Å². The second-order valence-corrected chi connectivity index (χ2v) is 6.10. The highest BCUT2D eigenvalue weighted by Crippen LogP contribution is 2.31. The van der Waals surface area contributed by atoms with Gasteiger partial charge in [0.15, 0.2) is 0 Å². The molecule has 17 heavy (non-hydrogen) atoms. The maximum Gasteiger partial charge on any atom is 0.226 e. The summed E-state index contributed by atoms with van der Waals surface area (Å²) >= 11 is 0. The van der Waals surface area contributed by atoms with E-state index >= 15 is 0 Å². The largest absolute Gasteiger partial charge is 0.340 e. The third kappa shape index (κ3) is 3.44. The maximum absolute atomic E-state index is 12.5. The van der Waals surface area contributed by atoms with Crippen LogP contribution in [-0.2, 0) is 4.79 Å². The molecule has 0 aromatic carbocycles. The van der Waals surface area contributed by atoms with E-state index < -0.39 is 0 Å². The maximum atomic E-state index is 12.5. The first-order valence-electron chi connectivity index (χ1n) is 7.11. The van der Waals surface area contributed by atoms with Crippen molar-refractivity contribution in [1.82, 2.24) is 10.2 Å². The van der Waals surface area contributed by atoms with Crippen LogP contribution < -0.4 is 5.32 Å². The highest BCUT2D eigenvalue weighted by Gasteiger charge is 2.33. The number of rotatable bonds is 4. The SMILES string of the molecule is CC1CC(C(=O)N(CC2CC2)C(C)C)CCN1. The van der Waals surface area contributed by atoms with Crippen LogP contribution in [0.3, 0.4) is 0 Å². The van der Waals surface area contributed by atoms with Crippen molar-refractivity contribution in [1.29, 1.82) is 0 Å². The van der Waals surface area contributed by atoms with Gasteiger partial charge in [-0.1, -0.05) is 0 Å². The zero-order valence-electron chi connectivity index (χ0n) is 11.4. The molecule has 1 N–H and O–H groups in total. The molecule has 0 bridgehead atoms. The smallest absolute Gasteiger partial charge is 0.226 e. The zero-order valence-corrected chi connectivity index (χ0v) is 11.4. The topological polar surface area (TPSA) is 32.3 Å². The molecule has 0 aromatic rings. The number of nitrogens with zero attached hydrogens (tertiary/aromatic N) is 1. The number of piperidine rings is 1. The van der Waals surface area contributed by atoms with Gasteiger partial charge in [0, 0.05) is 24.5 Å². The number of nitrogens with one attached hydrogen (secondary N) is 1. The average molecular weight is 238 g/mol. The highest BCUT2D eigenvalue weighted by atomic mass is 16.2. The number of hydrogen-bond acceptors (Lipinski definition) is 2. The molecule has 2 unspecified atom stereocenters. The minimum absolute atomic E-state index is 0.257. The molecule has 0 spiro atoms. The second kappa shape index (κ2) is 5.38. The molecule has 0 aromatic heterocycles. The molecular weight excluding hydrogens is 212 g/mol. The van der Waals surface area contributed by atoms with Gasteiger partial charge < -0.3 is 10.2 Å². The predicted octanol–water partition coefficient (Wildman–Crippen LogP) is 2.02. The van der Waals surface area contributed by atoms with E-state index in [1.807, 2.05) is 0 Å². The van der Waals surface area contributed by atoms with E-state index in [0.29, 0.717) is 18.0 Å². The van der Waals surface area contributed by atoms with Gasteiger partial charge in [-0.2, -0.15) is 0 Å². The quantitative estimate of drug-likeness (QED) is 0.812. The Morgan fingerprint density at radius 2 is 2.06 bits per heavy atom. The van der Waals surface area contributed by atoms with Crippen molar-refractivity contribution < 1.29 is 4.79 Å². The van der Waals surface area contributed by atoms with E-state index in [2.05, 4.69) is 31.0 Å². The van der Waals surface area contributed by atoms with Crippen molar-refractivity contribution in [3.63, 3.8) is 0 Å². The van der Waals surface area contributed by atoms with Crippen LogP contribution in [0.4, 0.5) is 0 Å². The number of amides is 1. The summed E-state index contributed by atoms with van der Waals surface area (Å²) in [6.45, 7) is 8.46. The first kappa shape index (κ1) is 12.9. The molecule has 1 aliphatic heterocycles. The third-order valence-corrected chi connectivity index (χ3v) is 4.03. The van der Waals surface area contributed by atoms with Gasteiger partial charge in [-0.3, -0.25) is 4.79 Å². The first-order chi connectivity index (χ1) is 8.08. The Bertz CT molecular complexity index is 273. The van der Waals surface area contributed by atoms with Crippen molar-refractivity contribution in [3.8, 4) is 0 Å². The van der Waals surface area contributed by atoms with E-state index in [1.165, 1.54) is 12.8 Å². The molecule has 98 valence electrons. The van der Waals surface area contributed by atoms with Crippen molar-refractivity contribution in [2.75, 3.05) is 13.1 Å². The molecule has 0 radical (unpaired) electrons. The van der Waals surface area contributed by atoms with Crippen molar-refractivity contribution in [3.05, 3.63) is 0 Å². The minimum Gasteiger partial charge on any atom is -0.340 e. The van der Waals surface area contributed by atoms with Crippen LogP contribution in [0.25, 0.3) is 0 Å². The molecule has 1 saturated carbocycles. The van der Waals surface area contributed by atoms with Crippen LogP contribution in [0.15, 0.2) is 0 Å². The molecule has 1 aliphatic carbocycles. The van der Waals surface area contributed by atoms with E-state index in [1.54, 1.807) is 0 Å². The molecule has 2 atom stereocenters. The van der Waals surface area contributed by atoms with Gasteiger partial charge in [0.2, 0.25) is 5.91 Å². The summed E-state index contributed by atoms with van der Waals surface area (Å²) in [7, 11) is 0. The summed E-state index contributed by atoms with van der Waals surface area (Å²) in [4.78, 5) is 14.7. The third-order valence-electron chi connectivity index (χ3n) is 4.03. The molecule has 1 saturated heterocycles. The lowest BCUT2D eigenvalue weighted by Gasteiger charge is -2.34. The van der Waals surface area contributed by atoms with Crippen LogP contribution in [0.2, 0.25) is 0 Å². The van der Waals surface area contributed by atoms with Crippen molar-refractivity contribution in [2.45, 2.75) is 58.5 Å². The van der Waals surface area contributed by atoms with Crippen LogP contribution in [0.5, 0.6) is 0 Å². The Balaban J connectivity index is 1.94. The second-order valence-electron chi connectivity index (χ2n) is 6.10. The Morgan fingerprint density at radius 3 is 2.59 bits per heavy atom. The first-order valence-corrected chi connectivity index (χ1v) is 7.11. The average Bonchev–Trinajstić information content (AvgIpc) is 3.08. The van der Waals surface area contributed by atoms with Gasteiger partial charge in [0.25, 0.3) is 0 Å². The molecule has 2 aliphatic rings. The van der Waals surface area contributed by atoms with Gasteiger partial charge in [-0.15, -0.1) is 0 Å². The summed E-state index contributed by atoms with van der Waals surface area (Å²) in [6, 6.07) is 0.848. The number of carbonyl (C=O) groups excluding carboxylic acids is 1. The van der Waals surface area contributed by atoms with Crippen LogP contribution >= 0.6 is 0 Å². The Labute approximate surface area is 105 Å². The number of hydrogen-bond donors (Lipinski definition) is 1.